The molecule has 30 heavy (non-hydrogen) atoms. The van der Waals surface area contributed by atoms with Crippen LogP contribution >= 0.6 is 0 Å². The number of imide groups is 1. The van der Waals surface area contributed by atoms with E-state index < -0.39 is 12.2 Å². The zero-order valence-electron chi connectivity index (χ0n) is 18.4. The summed E-state index contributed by atoms with van der Waals surface area (Å²) in [6, 6.07) is 7.11. The Balaban J connectivity index is 1.55. The van der Waals surface area contributed by atoms with E-state index in [9.17, 15) is 9.59 Å². The molecule has 160 valence electrons. The number of aliphatic imine (C=N–C) groups is 1. The number of rotatable bonds is 6. The molecular formula is C22H30N6O2. The number of carbonyl (C=O) groups excluding carboxylic acids is 2. The maximum absolute atomic E-state index is 13.4. The molecule has 0 aromatic heterocycles. The van der Waals surface area contributed by atoms with Crippen LogP contribution in [0.1, 0.15) is 24.5 Å². The average molecular weight is 411 g/mol. The van der Waals surface area contributed by atoms with Crippen LogP contribution in [0.3, 0.4) is 0 Å². The molecule has 0 saturated carbocycles. The maximum atomic E-state index is 13.4. The van der Waals surface area contributed by atoms with Crippen molar-refractivity contribution in [1.29, 1.82) is 0 Å². The summed E-state index contributed by atoms with van der Waals surface area (Å²) in [5.41, 5.74) is 3.16. The van der Waals surface area contributed by atoms with Gasteiger partial charge in [0.05, 0.1) is 6.54 Å². The van der Waals surface area contributed by atoms with Gasteiger partial charge >= 0.3 is 6.03 Å². The molecule has 8 nitrogen and oxygen atoms in total. The standard InChI is InChI=1S/C22H30N6O2/c1-15-7-9-17(10-8-15)14-28-20(29)18-19(25(5)22(28)30)23-21-26(12-6-11-24(3)4)16(2)13-27(18)21/h7-10,13,18-19H,6,11-12,14H2,1-5H3. The van der Waals surface area contributed by atoms with Gasteiger partial charge < -0.3 is 19.6 Å². The number of likely N-dealkylation sites (N-methyl/N-ethyl adjacent to an activating group) is 1. The Bertz CT molecular complexity index is 907. The molecule has 0 N–H and O–H groups in total. The number of hydrogen-bond donors (Lipinski definition) is 0. The van der Waals surface area contributed by atoms with Gasteiger partial charge in [-0.2, -0.15) is 0 Å². The molecule has 1 aromatic rings. The van der Waals surface area contributed by atoms with Crippen LogP contribution in [0.2, 0.25) is 0 Å². The van der Waals surface area contributed by atoms with Gasteiger partial charge in [0, 0.05) is 25.5 Å². The predicted octanol–water partition coefficient (Wildman–Crippen LogP) is 1.88. The quantitative estimate of drug-likeness (QED) is 0.717. The van der Waals surface area contributed by atoms with Crippen LogP contribution < -0.4 is 0 Å². The first-order valence-corrected chi connectivity index (χ1v) is 10.4. The van der Waals surface area contributed by atoms with Crippen molar-refractivity contribution in [2.45, 2.75) is 39.0 Å². The number of urea groups is 1. The minimum Gasteiger partial charge on any atom is -0.315 e. The molecule has 0 aliphatic carbocycles. The second kappa shape index (κ2) is 7.75. The first kappa shape index (κ1) is 20.4. The predicted molar refractivity (Wildman–Crippen MR) is 115 cm³/mol. The average Bonchev–Trinajstić information content (AvgIpc) is 3.20. The minimum atomic E-state index is -0.512. The molecule has 4 rings (SSSR count). The van der Waals surface area contributed by atoms with Crippen LogP contribution in [0.15, 0.2) is 41.2 Å². The van der Waals surface area contributed by atoms with Crippen molar-refractivity contribution in [2.75, 3.05) is 34.2 Å². The number of nitrogens with zero attached hydrogens (tertiary/aromatic N) is 6. The van der Waals surface area contributed by atoms with E-state index >= 15 is 0 Å². The molecule has 3 aliphatic rings. The molecular weight excluding hydrogens is 380 g/mol. The molecule has 1 fully saturated rings. The van der Waals surface area contributed by atoms with Gasteiger partial charge in [0.15, 0.2) is 12.2 Å². The van der Waals surface area contributed by atoms with E-state index in [1.165, 1.54) is 4.90 Å². The SMILES string of the molecule is CC1=CN2C(=NC3C2C(=O)N(Cc2ccc(C)cc2)C(=O)N3C)N1CCCN(C)C. The van der Waals surface area contributed by atoms with E-state index in [0.29, 0.717) is 0 Å². The van der Waals surface area contributed by atoms with Gasteiger partial charge in [-0.05, 0) is 46.5 Å². The summed E-state index contributed by atoms with van der Waals surface area (Å²) in [5.74, 6) is 0.577. The molecule has 0 bridgehead atoms. The fraction of sp³-hybridized carbons (Fsp3) is 0.500. The van der Waals surface area contributed by atoms with Crippen molar-refractivity contribution in [1.82, 2.24) is 24.5 Å². The number of carbonyl (C=O) groups is 2. The second-order valence-electron chi connectivity index (χ2n) is 8.58. The van der Waals surface area contributed by atoms with Crippen molar-refractivity contribution in [2.24, 2.45) is 4.99 Å². The normalized spacial score (nSPS) is 23.3. The third kappa shape index (κ3) is 3.45. The van der Waals surface area contributed by atoms with Crippen LogP contribution in [-0.2, 0) is 11.3 Å². The molecule has 3 heterocycles. The molecule has 0 radical (unpaired) electrons. The van der Waals surface area contributed by atoms with Crippen molar-refractivity contribution in [3.63, 3.8) is 0 Å². The Hall–Kier alpha value is -2.87. The molecule has 2 atom stereocenters. The number of allylic oxidation sites excluding steroid dienone is 1. The van der Waals surface area contributed by atoms with E-state index in [4.69, 9.17) is 4.99 Å². The van der Waals surface area contributed by atoms with Gasteiger partial charge in [-0.3, -0.25) is 9.69 Å². The van der Waals surface area contributed by atoms with Crippen LogP contribution in [0.5, 0.6) is 0 Å². The smallest absolute Gasteiger partial charge is 0.315 e. The lowest BCUT2D eigenvalue weighted by Gasteiger charge is -2.40. The third-order valence-electron chi connectivity index (χ3n) is 5.95. The van der Waals surface area contributed by atoms with Crippen molar-refractivity contribution >= 4 is 17.9 Å². The summed E-state index contributed by atoms with van der Waals surface area (Å²) >= 11 is 0. The number of aryl methyl sites for hydroxylation is 1. The molecule has 1 aromatic carbocycles. The summed E-state index contributed by atoms with van der Waals surface area (Å²) < 4.78 is 0. The molecule has 1 saturated heterocycles. The summed E-state index contributed by atoms with van der Waals surface area (Å²) in [7, 11) is 5.85. The Labute approximate surface area is 178 Å². The number of guanidine groups is 1. The van der Waals surface area contributed by atoms with Crippen LogP contribution in [0.4, 0.5) is 4.79 Å². The van der Waals surface area contributed by atoms with Gasteiger partial charge in [0.1, 0.15) is 0 Å². The molecule has 0 spiro atoms. The number of amides is 3. The lowest BCUT2D eigenvalue weighted by Crippen LogP contribution is -2.63. The highest BCUT2D eigenvalue weighted by Crippen LogP contribution is 2.34. The Morgan fingerprint density at radius 3 is 2.43 bits per heavy atom. The summed E-state index contributed by atoms with van der Waals surface area (Å²) in [6.45, 7) is 6.13. The lowest BCUT2D eigenvalue weighted by atomic mass is 10.1. The minimum absolute atomic E-state index is 0.193. The highest BCUT2D eigenvalue weighted by Gasteiger charge is 2.54. The van der Waals surface area contributed by atoms with E-state index in [0.717, 1.165) is 42.3 Å². The Kier molecular flexibility index (Phi) is 5.27. The van der Waals surface area contributed by atoms with Crippen LogP contribution in [-0.4, -0.2) is 88.8 Å². The van der Waals surface area contributed by atoms with Crippen molar-refractivity contribution in [3.05, 3.63) is 47.3 Å². The Morgan fingerprint density at radius 1 is 1.07 bits per heavy atom. The zero-order chi connectivity index (χ0) is 21.6. The monoisotopic (exact) mass is 410 g/mol. The van der Waals surface area contributed by atoms with Crippen molar-refractivity contribution in [3.8, 4) is 0 Å². The number of fused-ring (bicyclic) bond motifs is 3. The fourth-order valence-corrected chi connectivity index (χ4v) is 4.24. The number of hydrogen-bond acceptors (Lipinski definition) is 6. The van der Waals surface area contributed by atoms with Gasteiger partial charge in [0.2, 0.25) is 5.96 Å². The Morgan fingerprint density at radius 2 is 1.77 bits per heavy atom. The lowest BCUT2D eigenvalue weighted by molar-refractivity contribution is -0.137. The van der Waals surface area contributed by atoms with Gasteiger partial charge in [-0.1, -0.05) is 29.8 Å². The zero-order valence-corrected chi connectivity index (χ0v) is 18.4. The fourth-order valence-electron chi connectivity index (χ4n) is 4.24. The highest BCUT2D eigenvalue weighted by atomic mass is 16.2. The van der Waals surface area contributed by atoms with Crippen molar-refractivity contribution < 1.29 is 9.59 Å². The van der Waals surface area contributed by atoms with E-state index in [-0.39, 0.29) is 18.5 Å². The molecule has 2 unspecified atom stereocenters. The molecule has 3 amide bonds. The van der Waals surface area contributed by atoms with E-state index in [1.54, 1.807) is 11.9 Å². The van der Waals surface area contributed by atoms with E-state index in [1.807, 2.05) is 49.2 Å². The van der Waals surface area contributed by atoms with Gasteiger partial charge in [-0.15, -0.1) is 0 Å². The second-order valence-corrected chi connectivity index (χ2v) is 8.58. The maximum Gasteiger partial charge on any atom is 0.328 e. The van der Waals surface area contributed by atoms with Crippen LogP contribution in [0.25, 0.3) is 0 Å². The third-order valence-corrected chi connectivity index (χ3v) is 5.95. The topological polar surface area (TPSA) is 62.7 Å². The first-order chi connectivity index (χ1) is 14.3. The number of benzene rings is 1. The van der Waals surface area contributed by atoms with Gasteiger partial charge in [0.25, 0.3) is 5.91 Å². The van der Waals surface area contributed by atoms with E-state index in [2.05, 4.69) is 23.9 Å². The first-order valence-electron chi connectivity index (χ1n) is 10.4. The molecule has 8 heteroatoms. The molecule has 3 aliphatic heterocycles. The summed E-state index contributed by atoms with van der Waals surface area (Å²) in [6.07, 6.45) is 2.49. The van der Waals surface area contributed by atoms with Crippen LogP contribution in [0, 0.1) is 6.92 Å². The largest absolute Gasteiger partial charge is 0.328 e. The van der Waals surface area contributed by atoms with Gasteiger partial charge in [-0.25, -0.2) is 9.79 Å². The summed E-state index contributed by atoms with van der Waals surface area (Å²) in [5, 5.41) is 0. The highest BCUT2D eigenvalue weighted by molar-refractivity contribution is 6.04. The summed E-state index contributed by atoms with van der Waals surface area (Å²) in [4.78, 5) is 40.4.